The van der Waals surface area contributed by atoms with Crippen LogP contribution in [0.15, 0.2) is 42.5 Å². The Morgan fingerprint density at radius 1 is 1.21 bits per heavy atom. The number of benzene rings is 2. The second-order valence-corrected chi connectivity index (χ2v) is 4.79. The van der Waals surface area contributed by atoms with E-state index in [4.69, 9.17) is 17.3 Å². The number of halogens is 2. The van der Waals surface area contributed by atoms with Gasteiger partial charge in [0, 0.05) is 22.8 Å². The molecule has 0 aliphatic rings. The first kappa shape index (κ1) is 13.8. The van der Waals surface area contributed by atoms with Gasteiger partial charge in [0.25, 0.3) is 0 Å². The molecular formula is C15H16ClFN2. The monoisotopic (exact) mass is 278 g/mol. The van der Waals surface area contributed by atoms with Gasteiger partial charge in [-0.1, -0.05) is 35.9 Å². The zero-order valence-electron chi connectivity index (χ0n) is 10.7. The predicted octanol–water partition coefficient (Wildman–Crippen LogP) is 3.90. The summed E-state index contributed by atoms with van der Waals surface area (Å²) in [5.41, 5.74) is 8.17. The van der Waals surface area contributed by atoms with Crippen LogP contribution in [-0.2, 0) is 0 Å². The van der Waals surface area contributed by atoms with Crippen LogP contribution in [0.1, 0.15) is 17.2 Å². The van der Waals surface area contributed by atoms with Gasteiger partial charge in [-0.3, -0.25) is 0 Å². The SMILES string of the molecule is Cc1ccccc1NC(CN)c1c(F)cccc1Cl. The number of aryl methyl sites for hydroxylation is 1. The van der Waals surface area contributed by atoms with E-state index in [2.05, 4.69) is 5.32 Å². The molecular weight excluding hydrogens is 263 g/mol. The highest BCUT2D eigenvalue weighted by molar-refractivity contribution is 6.31. The van der Waals surface area contributed by atoms with Crippen molar-refractivity contribution in [3.05, 3.63) is 64.4 Å². The normalized spacial score (nSPS) is 12.2. The highest BCUT2D eigenvalue weighted by Crippen LogP contribution is 2.29. The van der Waals surface area contributed by atoms with Gasteiger partial charge in [0.15, 0.2) is 0 Å². The van der Waals surface area contributed by atoms with E-state index in [1.54, 1.807) is 12.1 Å². The molecule has 0 saturated carbocycles. The fraction of sp³-hybridized carbons (Fsp3) is 0.200. The van der Waals surface area contributed by atoms with E-state index >= 15 is 0 Å². The first-order valence-electron chi connectivity index (χ1n) is 6.09. The minimum Gasteiger partial charge on any atom is -0.377 e. The molecule has 2 aromatic carbocycles. The van der Waals surface area contributed by atoms with Gasteiger partial charge in [0.05, 0.1) is 6.04 Å². The Morgan fingerprint density at radius 2 is 1.95 bits per heavy atom. The van der Waals surface area contributed by atoms with Crippen molar-refractivity contribution in [2.24, 2.45) is 5.73 Å². The third kappa shape index (κ3) is 3.06. The summed E-state index contributed by atoms with van der Waals surface area (Å²) in [5.74, 6) is -0.343. The molecule has 0 aromatic heterocycles. The Balaban J connectivity index is 2.34. The van der Waals surface area contributed by atoms with Crippen LogP contribution in [0.25, 0.3) is 0 Å². The second-order valence-electron chi connectivity index (χ2n) is 4.38. The molecule has 0 radical (unpaired) electrons. The standard InChI is InChI=1S/C15H16ClFN2/c1-10-5-2-3-8-13(10)19-14(9-18)15-11(16)6-4-7-12(15)17/h2-8,14,19H,9,18H2,1H3. The average molecular weight is 279 g/mol. The summed E-state index contributed by atoms with van der Waals surface area (Å²) in [5, 5.41) is 3.63. The van der Waals surface area contributed by atoms with Crippen molar-refractivity contribution in [1.29, 1.82) is 0 Å². The van der Waals surface area contributed by atoms with E-state index in [9.17, 15) is 4.39 Å². The van der Waals surface area contributed by atoms with Crippen LogP contribution in [0.5, 0.6) is 0 Å². The Morgan fingerprint density at radius 3 is 2.58 bits per heavy atom. The molecule has 0 bridgehead atoms. The van der Waals surface area contributed by atoms with Crippen LogP contribution >= 0.6 is 11.6 Å². The van der Waals surface area contributed by atoms with Crippen LogP contribution in [0.4, 0.5) is 10.1 Å². The largest absolute Gasteiger partial charge is 0.377 e. The van der Waals surface area contributed by atoms with Crippen LogP contribution < -0.4 is 11.1 Å². The molecule has 2 nitrogen and oxygen atoms in total. The lowest BCUT2D eigenvalue weighted by Crippen LogP contribution is -2.22. The van der Waals surface area contributed by atoms with Gasteiger partial charge in [0.1, 0.15) is 5.82 Å². The molecule has 0 aliphatic carbocycles. The Labute approximate surface area is 117 Å². The molecule has 0 spiro atoms. The number of anilines is 1. The predicted molar refractivity (Wildman–Crippen MR) is 78.0 cm³/mol. The molecule has 19 heavy (non-hydrogen) atoms. The molecule has 0 aliphatic heterocycles. The van der Waals surface area contributed by atoms with Crippen molar-refractivity contribution in [2.45, 2.75) is 13.0 Å². The Kier molecular flexibility index (Phi) is 4.40. The minimum absolute atomic E-state index is 0.259. The van der Waals surface area contributed by atoms with E-state index in [0.29, 0.717) is 10.6 Å². The Bertz CT molecular complexity index is 552. The molecule has 0 amide bonds. The third-order valence-electron chi connectivity index (χ3n) is 3.06. The zero-order chi connectivity index (χ0) is 13.8. The molecule has 2 rings (SSSR count). The molecule has 2 aromatic rings. The van der Waals surface area contributed by atoms with Crippen molar-refractivity contribution in [3.63, 3.8) is 0 Å². The summed E-state index contributed by atoms with van der Waals surface area (Å²) < 4.78 is 13.9. The molecule has 3 N–H and O–H groups in total. The van der Waals surface area contributed by atoms with E-state index < -0.39 is 0 Å². The second kappa shape index (κ2) is 6.04. The summed E-state index contributed by atoms with van der Waals surface area (Å²) in [6.45, 7) is 2.24. The van der Waals surface area contributed by atoms with Gasteiger partial charge < -0.3 is 11.1 Å². The number of hydrogen-bond acceptors (Lipinski definition) is 2. The summed E-state index contributed by atoms with van der Waals surface area (Å²) in [4.78, 5) is 0. The van der Waals surface area contributed by atoms with Crippen LogP contribution in [-0.4, -0.2) is 6.54 Å². The zero-order valence-corrected chi connectivity index (χ0v) is 11.4. The number of para-hydroxylation sites is 1. The summed E-state index contributed by atoms with van der Waals surface area (Å²) in [7, 11) is 0. The van der Waals surface area contributed by atoms with Gasteiger partial charge in [-0.05, 0) is 30.7 Å². The maximum Gasteiger partial charge on any atom is 0.130 e. The van der Waals surface area contributed by atoms with Crippen molar-refractivity contribution < 1.29 is 4.39 Å². The first-order valence-corrected chi connectivity index (χ1v) is 6.47. The quantitative estimate of drug-likeness (QED) is 0.890. The highest BCUT2D eigenvalue weighted by atomic mass is 35.5. The number of nitrogens with one attached hydrogen (secondary N) is 1. The number of nitrogens with two attached hydrogens (primary N) is 1. The molecule has 1 atom stereocenters. The number of hydrogen-bond donors (Lipinski definition) is 2. The van der Waals surface area contributed by atoms with E-state index in [1.807, 2.05) is 31.2 Å². The lowest BCUT2D eigenvalue weighted by Gasteiger charge is -2.21. The van der Waals surface area contributed by atoms with Gasteiger partial charge in [0.2, 0.25) is 0 Å². The van der Waals surface area contributed by atoms with Gasteiger partial charge in [-0.2, -0.15) is 0 Å². The third-order valence-corrected chi connectivity index (χ3v) is 3.39. The van der Waals surface area contributed by atoms with E-state index in [-0.39, 0.29) is 18.4 Å². The summed E-state index contributed by atoms with van der Waals surface area (Å²) >= 11 is 6.07. The summed E-state index contributed by atoms with van der Waals surface area (Å²) in [6, 6.07) is 12.1. The van der Waals surface area contributed by atoms with Crippen molar-refractivity contribution in [2.75, 3.05) is 11.9 Å². The molecule has 100 valence electrons. The van der Waals surface area contributed by atoms with Crippen molar-refractivity contribution >= 4 is 17.3 Å². The fourth-order valence-corrected chi connectivity index (χ4v) is 2.31. The first-order chi connectivity index (χ1) is 9.13. The van der Waals surface area contributed by atoms with Crippen LogP contribution in [0.2, 0.25) is 5.02 Å². The van der Waals surface area contributed by atoms with E-state index in [0.717, 1.165) is 11.3 Å². The van der Waals surface area contributed by atoms with Gasteiger partial charge >= 0.3 is 0 Å². The highest BCUT2D eigenvalue weighted by Gasteiger charge is 2.18. The summed E-state index contributed by atoms with van der Waals surface area (Å²) in [6.07, 6.45) is 0. The van der Waals surface area contributed by atoms with E-state index in [1.165, 1.54) is 6.07 Å². The minimum atomic E-state index is -0.352. The fourth-order valence-electron chi connectivity index (χ4n) is 2.02. The smallest absolute Gasteiger partial charge is 0.130 e. The maximum atomic E-state index is 13.9. The van der Waals surface area contributed by atoms with Crippen LogP contribution in [0, 0.1) is 12.7 Å². The Hall–Kier alpha value is -1.58. The van der Waals surface area contributed by atoms with Crippen molar-refractivity contribution in [1.82, 2.24) is 0 Å². The maximum absolute atomic E-state index is 13.9. The van der Waals surface area contributed by atoms with Gasteiger partial charge in [-0.25, -0.2) is 4.39 Å². The lowest BCUT2D eigenvalue weighted by atomic mass is 10.0. The molecule has 4 heteroatoms. The lowest BCUT2D eigenvalue weighted by molar-refractivity contribution is 0.593. The molecule has 0 saturated heterocycles. The van der Waals surface area contributed by atoms with Crippen molar-refractivity contribution in [3.8, 4) is 0 Å². The topological polar surface area (TPSA) is 38.0 Å². The number of rotatable bonds is 4. The molecule has 1 unspecified atom stereocenters. The molecule has 0 fully saturated rings. The average Bonchev–Trinajstić information content (AvgIpc) is 2.39. The molecule has 0 heterocycles. The van der Waals surface area contributed by atoms with Gasteiger partial charge in [-0.15, -0.1) is 0 Å². The van der Waals surface area contributed by atoms with Crippen LogP contribution in [0.3, 0.4) is 0 Å².